The molecule has 1 aromatic carbocycles. The van der Waals surface area contributed by atoms with Crippen LogP contribution in [0.1, 0.15) is 31.5 Å². The SMILES string of the molecule is CCCCc1nc(CN(C)CC(=O)Nc2ccc(N3CCOCC3)cc2)no1. The third-order valence-corrected chi connectivity index (χ3v) is 4.61. The van der Waals surface area contributed by atoms with Crippen LogP contribution in [-0.4, -0.2) is 60.8 Å². The maximum atomic E-state index is 12.3. The van der Waals surface area contributed by atoms with E-state index in [9.17, 15) is 4.79 Å². The number of hydrogen-bond acceptors (Lipinski definition) is 7. The van der Waals surface area contributed by atoms with Crippen molar-refractivity contribution in [2.75, 3.05) is 50.1 Å². The number of hydrogen-bond donors (Lipinski definition) is 1. The van der Waals surface area contributed by atoms with Crippen molar-refractivity contribution < 1.29 is 14.1 Å². The number of likely N-dealkylation sites (N-methyl/N-ethyl adjacent to an activating group) is 1. The predicted octanol–water partition coefficient (Wildman–Crippen LogP) is 2.32. The minimum Gasteiger partial charge on any atom is -0.378 e. The van der Waals surface area contributed by atoms with Gasteiger partial charge in [-0.15, -0.1) is 0 Å². The Labute approximate surface area is 165 Å². The van der Waals surface area contributed by atoms with Crippen LogP contribution in [0.3, 0.4) is 0 Å². The summed E-state index contributed by atoms with van der Waals surface area (Å²) in [7, 11) is 1.86. The van der Waals surface area contributed by atoms with Gasteiger partial charge in [-0.1, -0.05) is 18.5 Å². The average Bonchev–Trinajstić information content (AvgIpc) is 3.14. The van der Waals surface area contributed by atoms with Crippen LogP contribution in [0.15, 0.2) is 28.8 Å². The number of nitrogens with one attached hydrogen (secondary N) is 1. The Morgan fingerprint density at radius 2 is 2.00 bits per heavy atom. The van der Waals surface area contributed by atoms with Crippen molar-refractivity contribution in [3.05, 3.63) is 36.0 Å². The monoisotopic (exact) mass is 387 g/mol. The Balaban J connectivity index is 1.44. The molecule has 0 radical (unpaired) electrons. The van der Waals surface area contributed by atoms with Gasteiger partial charge in [0.05, 0.1) is 26.3 Å². The van der Waals surface area contributed by atoms with E-state index in [1.165, 1.54) is 0 Å². The number of amides is 1. The van der Waals surface area contributed by atoms with Crippen LogP contribution in [0.25, 0.3) is 0 Å². The summed E-state index contributed by atoms with van der Waals surface area (Å²) in [6.07, 6.45) is 2.92. The average molecular weight is 387 g/mol. The highest BCUT2D eigenvalue weighted by Crippen LogP contribution is 2.19. The first-order valence-electron chi connectivity index (χ1n) is 9.86. The second-order valence-corrected chi connectivity index (χ2v) is 7.07. The van der Waals surface area contributed by atoms with Crippen LogP contribution in [-0.2, 0) is 22.5 Å². The van der Waals surface area contributed by atoms with Crippen LogP contribution in [0, 0.1) is 0 Å². The largest absolute Gasteiger partial charge is 0.378 e. The zero-order chi connectivity index (χ0) is 19.8. The van der Waals surface area contributed by atoms with Gasteiger partial charge in [0.25, 0.3) is 0 Å². The van der Waals surface area contributed by atoms with Gasteiger partial charge in [0.1, 0.15) is 0 Å². The standard InChI is InChI=1S/C20H29N5O3/c1-3-4-5-20-22-18(23-28-20)14-24(2)15-19(26)21-16-6-8-17(9-7-16)25-10-12-27-13-11-25/h6-9H,3-5,10-15H2,1-2H3,(H,21,26). The minimum atomic E-state index is -0.0728. The Hall–Kier alpha value is -2.45. The number of ether oxygens (including phenoxy) is 1. The minimum absolute atomic E-state index is 0.0728. The summed E-state index contributed by atoms with van der Waals surface area (Å²) in [4.78, 5) is 20.8. The lowest BCUT2D eigenvalue weighted by molar-refractivity contribution is -0.117. The van der Waals surface area contributed by atoms with E-state index in [1.54, 1.807) is 0 Å². The second-order valence-electron chi connectivity index (χ2n) is 7.07. The molecule has 28 heavy (non-hydrogen) atoms. The summed E-state index contributed by atoms with van der Waals surface area (Å²) in [6, 6.07) is 7.92. The Morgan fingerprint density at radius 3 is 2.71 bits per heavy atom. The number of aromatic nitrogens is 2. The lowest BCUT2D eigenvalue weighted by Crippen LogP contribution is -2.36. The molecule has 3 rings (SSSR count). The van der Waals surface area contributed by atoms with Crippen molar-refractivity contribution in [3.8, 4) is 0 Å². The van der Waals surface area contributed by atoms with Crippen molar-refractivity contribution >= 4 is 17.3 Å². The Bertz CT molecular complexity index is 741. The third kappa shape index (κ3) is 6.03. The number of aryl methyl sites for hydroxylation is 1. The molecule has 152 valence electrons. The Kier molecular flexibility index (Phi) is 7.39. The topological polar surface area (TPSA) is 83.7 Å². The van der Waals surface area contributed by atoms with E-state index in [2.05, 4.69) is 27.3 Å². The van der Waals surface area contributed by atoms with Gasteiger partial charge in [-0.3, -0.25) is 9.69 Å². The molecule has 1 fully saturated rings. The molecule has 1 aliphatic heterocycles. The van der Waals surface area contributed by atoms with Crippen LogP contribution in [0.4, 0.5) is 11.4 Å². The van der Waals surface area contributed by atoms with E-state index in [4.69, 9.17) is 9.26 Å². The zero-order valence-electron chi connectivity index (χ0n) is 16.7. The van der Waals surface area contributed by atoms with Gasteiger partial charge in [-0.2, -0.15) is 4.98 Å². The lowest BCUT2D eigenvalue weighted by atomic mass is 10.2. The smallest absolute Gasteiger partial charge is 0.238 e. The van der Waals surface area contributed by atoms with Gasteiger partial charge < -0.3 is 19.5 Å². The van der Waals surface area contributed by atoms with Crippen molar-refractivity contribution in [1.29, 1.82) is 0 Å². The van der Waals surface area contributed by atoms with Crippen LogP contribution < -0.4 is 10.2 Å². The molecule has 8 heteroatoms. The molecule has 1 saturated heterocycles. The molecule has 0 bridgehead atoms. The molecule has 0 aliphatic carbocycles. The van der Waals surface area contributed by atoms with E-state index >= 15 is 0 Å². The maximum Gasteiger partial charge on any atom is 0.238 e. The normalized spacial score (nSPS) is 14.5. The molecule has 1 amide bonds. The maximum absolute atomic E-state index is 12.3. The predicted molar refractivity (Wildman–Crippen MR) is 107 cm³/mol. The number of carbonyl (C=O) groups is 1. The molecule has 0 unspecified atom stereocenters. The first-order chi connectivity index (χ1) is 13.6. The van der Waals surface area contributed by atoms with Crippen LogP contribution in [0.5, 0.6) is 0 Å². The van der Waals surface area contributed by atoms with E-state index < -0.39 is 0 Å². The molecule has 1 aliphatic rings. The van der Waals surface area contributed by atoms with Gasteiger partial charge in [0.2, 0.25) is 11.8 Å². The van der Waals surface area contributed by atoms with Gasteiger partial charge >= 0.3 is 0 Å². The highest BCUT2D eigenvalue weighted by molar-refractivity contribution is 5.92. The first-order valence-corrected chi connectivity index (χ1v) is 9.86. The first kappa shape index (κ1) is 20.3. The van der Waals surface area contributed by atoms with Crippen LogP contribution in [0.2, 0.25) is 0 Å². The summed E-state index contributed by atoms with van der Waals surface area (Å²) in [5.41, 5.74) is 1.94. The number of nitrogens with zero attached hydrogens (tertiary/aromatic N) is 4. The van der Waals surface area contributed by atoms with Gasteiger partial charge in [0.15, 0.2) is 5.82 Å². The number of rotatable bonds is 9. The molecular formula is C20H29N5O3. The molecule has 2 aromatic rings. The van der Waals surface area contributed by atoms with Gasteiger partial charge in [-0.05, 0) is 37.7 Å². The second kappa shape index (κ2) is 10.2. The highest BCUT2D eigenvalue weighted by atomic mass is 16.5. The Morgan fingerprint density at radius 1 is 1.25 bits per heavy atom. The van der Waals surface area contributed by atoms with E-state index in [0.717, 1.165) is 56.9 Å². The molecule has 0 saturated carbocycles. The van der Waals surface area contributed by atoms with Crippen molar-refractivity contribution in [2.45, 2.75) is 32.7 Å². The van der Waals surface area contributed by atoms with Gasteiger partial charge in [0, 0.05) is 30.9 Å². The molecule has 1 aromatic heterocycles. The fourth-order valence-electron chi connectivity index (χ4n) is 3.10. The fourth-order valence-corrected chi connectivity index (χ4v) is 3.10. The molecule has 1 N–H and O–H groups in total. The quantitative estimate of drug-likeness (QED) is 0.707. The summed E-state index contributed by atoms with van der Waals surface area (Å²) in [5.74, 6) is 1.20. The number of morpholine rings is 1. The summed E-state index contributed by atoms with van der Waals surface area (Å²) in [6.45, 7) is 6.15. The number of unbranched alkanes of at least 4 members (excludes halogenated alkanes) is 1. The number of carbonyl (C=O) groups excluding carboxylic acids is 1. The van der Waals surface area contributed by atoms with E-state index in [-0.39, 0.29) is 12.5 Å². The summed E-state index contributed by atoms with van der Waals surface area (Å²) in [5, 5.41) is 6.92. The fraction of sp³-hybridized carbons (Fsp3) is 0.550. The molecule has 2 heterocycles. The van der Waals surface area contributed by atoms with Crippen molar-refractivity contribution in [2.24, 2.45) is 0 Å². The summed E-state index contributed by atoms with van der Waals surface area (Å²) >= 11 is 0. The molecule has 0 atom stereocenters. The lowest BCUT2D eigenvalue weighted by Gasteiger charge is -2.28. The molecule has 0 spiro atoms. The number of benzene rings is 1. The third-order valence-electron chi connectivity index (χ3n) is 4.61. The van der Waals surface area contributed by atoms with Crippen molar-refractivity contribution in [1.82, 2.24) is 15.0 Å². The highest BCUT2D eigenvalue weighted by Gasteiger charge is 2.13. The van der Waals surface area contributed by atoms with Crippen molar-refractivity contribution in [3.63, 3.8) is 0 Å². The summed E-state index contributed by atoms with van der Waals surface area (Å²) < 4.78 is 10.6. The molecular weight excluding hydrogens is 358 g/mol. The molecule has 8 nitrogen and oxygen atoms in total. The zero-order valence-corrected chi connectivity index (χ0v) is 16.7. The number of anilines is 2. The van der Waals surface area contributed by atoms with E-state index in [0.29, 0.717) is 18.3 Å². The van der Waals surface area contributed by atoms with Crippen LogP contribution >= 0.6 is 0 Å². The van der Waals surface area contributed by atoms with Gasteiger partial charge in [-0.25, -0.2) is 0 Å². The van der Waals surface area contributed by atoms with E-state index in [1.807, 2.05) is 36.2 Å².